The van der Waals surface area contributed by atoms with Crippen molar-refractivity contribution < 1.29 is 0 Å². The molecule has 110 valence electrons. The zero-order chi connectivity index (χ0) is 14.7. The van der Waals surface area contributed by atoms with E-state index in [4.69, 9.17) is 5.73 Å². The van der Waals surface area contributed by atoms with Crippen LogP contribution in [0.25, 0.3) is 0 Å². The molecule has 1 aliphatic rings. The lowest BCUT2D eigenvalue weighted by molar-refractivity contribution is 0.406. The number of rotatable bonds is 3. The highest BCUT2D eigenvalue weighted by Crippen LogP contribution is 2.40. The predicted molar refractivity (Wildman–Crippen MR) is 91.8 cm³/mol. The number of benzene rings is 2. The Morgan fingerprint density at radius 1 is 0.952 bits per heavy atom. The molecule has 3 rings (SSSR count). The number of hydrogen-bond donors (Lipinski definition) is 1. The van der Waals surface area contributed by atoms with Crippen LogP contribution >= 0.6 is 11.8 Å². The minimum Gasteiger partial charge on any atom is -0.327 e. The highest BCUT2D eigenvalue weighted by Gasteiger charge is 2.29. The third kappa shape index (κ3) is 3.50. The monoisotopic (exact) mass is 297 g/mol. The van der Waals surface area contributed by atoms with Crippen molar-refractivity contribution in [3.63, 3.8) is 0 Å². The van der Waals surface area contributed by atoms with Crippen molar-refractivity contribution in [2.24, 2.45) is 5.73 Å². The number of thioether (sulfide) groups is 1. The zero-order valence-electron chi connectivity index (χ0n) is 12.5. The fourth-order valence-corrected chi connectivity index (χ4v) is 4.54. The van der Waals surface area contributed by atoms with Gasteiger partial charge < -0.3 is 5.73 Å². The van der Waals surface area contributed by atoms with Gasteiger partial charge in [0.15, 0.2) is 0 Å². The van der Waals surface area contributed by atoms with E-state index in [1.807, 2.05) is 11.8 Å². The molecule has 0 heterocycles. The number of nitrogens with two attached hydrogens (primary N) is 1. The lowest BCUT2D eigenvalue weighted by Gasteiger charge is -2.34. The topological polar surface area (TPSA) is 26.0 Å². The summed E-state index contributed by atoms with van der Waals surface area (Å²) in [5.41, 5.74) is 9.23. The van der Waals surface area contributed by atoms with E-state index in [9.17, 15) is 0 Å². The molecule has 0 saturated heterocycles. The van der Waals surface area contributed by atoms with Gasteiger partial charge in [0.2, 0.25) is 0 Å². The number of aryl methyl sites for hydroxylation is 1. The first-order valence-electron chi connectivity index (χ1n) is 7.77. The molecule has 1 aliphatic carbocycles. The van der Waals surface area contributed by atoms with E-state index in [0.717, 1.165) is 6.42 Å². The Balaban J connectivity index is 1.74. The van der Waals surface area contributed by atoms with Crippen LogP contribution in [0, 0.1) is 6.92 Å². The van der Waals surface area contributed by atoms with Gasteiger partial charge in [-0.2, -0.15) is 0 Å². The largest absolute Gasteiger partial charge is 0.327 e. The van der Waals surface area contributed by atoms with E-state index in [-0.39, 0.29) is 0 Å². The molecule has 0 aliphatic heterocycles. The first-order valence-corrected chi connectivity index (χ1v) is 8.65. The van der Waals surface area contributed by atoms with E-state index < -0.39 is 0 Å². The molecule has 21 heavy (non-hydrogen) atoms. The van der Waals surface area contributed by atoms with Crippen LogP contribution in [-0.4, -0.2) is 11.3 Å². The van der Waals surface area contributed by atoms with E-state index in [1.165, 1.54) is 28.9 Å². The van der Waals surface area contributed by atoms with Crippen molar-refractivity contribution in [3.05, 3.63) is 65.7 Å². The van der Waals surface area contributed by atoms with E-state index >= 15 is 0 Å². The van der Waals surface area contributed by atoms with Crippen LogP contribution in [0.1, 0.15) is 36.3 Å². The summed E-state index contributed by atoms with van der Waals surface area (Å²) in [5.74, 6) is 0.660. The molecule has 2 heteroatoms. The van der Waals surface area contributed by atoms with Gasteiger partial charge in [0.1, 0.15) is 0 Å². The Morgan fingerprint density at radius 2 is 1.67 bits per heavy atom. The maximum absolute atomic E-state index is 6.40. The maximum atomic E-state index is 6.40. The van der Waals surface area contributed by atoms with Crippen molar-refractivity contribution in [2.75, 3.05) is 0 Å². The molecule has 1 saturated carbocycles. The highest BCUT2D eigenvalue weighted by atomic mass is 32.2. The summed E-state index contributed by atoms with van der Waals surface area (Å²) in [6.45, 7) is 2.19. The normalized spacial score (nSPS) is 25.7. The lowest BCUT2D eigenvalue weighted by Crippen LogP contribution is -2.37. The zero-order valence-corrected chi connectivity index (χ0v) is 13.4. The Hall–Kier alpha value is -1.25. The Kier molecular flexibility index (Phi) is 4.67. The van der Waals surface area contributed by atoms with Crippen LogP contribution < -0.4 is 5.73 Å². The van der Waals surface area contributed by atoms with Gasteiger partial charge in [-0.1, -0.05) is 48.5 Å². The second kappa shape index (κ2) is 6.67. The summed E-state index contributed by atoms with van der Waals surface area (Å²) in [6, 6.07) is 19.9. The van der Waals surface area contributed by atoms with Gasteiger partial charge in [0.25, 0.3) is 0 Å². The summed E-state index contributed by atoms with van der Waals surface area (Å²) < 4.78 is 0. The van der Waals surface area contributed by atoms with Crippen molar-refractivity contribution >= 4 is 11.8 Å². The highest BCUT2D eigenvalue weighted by molar-refractivity contribution is 8.00. The Bertz CT molecular complexity index is 581. The third-order valence-electron chi connectivity index (χ3n) is 4.49. The van der Waals surface area contributed by atoms with Crippen molar-refractivity contribution in [1.82, 2.24) is 0 Å². The van der Waals surface area contributed by atoms with Gasteiger partial charge in [0, 0.05) is 16.2 Å². The average molecular weight is 297 g/mol. The van der Waals surface area contributed by atoms with E-state index in [2.05, 4.69) is 61.5 Å². The average Bonchev–Trinajstić information content (AvgIpc) is 2.52. The second-order valence-corrected chi connectivity index (χ2v) is 7.29. The van der Waals surface area contributed by atoms with Crippen LogP contribution in [0.4, 0.5) is 0 Å². The van der Waals surface area contributed by atoms with E-state index in [1.54, 1.807) is 0 Å². The van der Waals surface area contributed by atoms with Gasteiger partial charge in [-0.3, -0.25) is 0 Å². The molecule has 0 amide bonds. The second-order valence-electron chi connectivity index (χ2n) is 6.01. The van der Waals surface area contributed by atoms with Crippen molar-refractivity contribution in [3.8, 4) is 0 Å². The summed E-state index contributed by atoms with van der Waals surface area (Å²) in [5, 5.41) is 0.519. The molecule has 1 fully saturated rings. The Morgan fingerprint density at radius 3 is 2.43 bits per heavy atom. The van der Waals surface area contributed by atoms with Crippen molar-refractivity contribution in [2.45, 2.75) is 48.3 Å². The third-order valence-corrected chi connectivity index (χ3v) is 6.04. The molecular weight excluding hydrogens is 274 g/mol. The minimum absolute atomic E-state index is 0.314. The van der Waals surface area contributed by atoms with Gasteiger partial charge in [-0.05, 0) is 49.3 Å². The van der Waals surface area contributed by atoms with Crippen molar-refractivity contribution in [1.29, 1.82) is 0 Å². The minimum atomic E-state index is 0.314. The fraction of sp³-hybridized carbons (Fsp3) is 0.368. The smallest absolute Gasteiger partial charge is 0.0252 e. The molecule has 1 nitrogen and oxygen atoms in total. The van der Waals surface area contributed by atoms with Crippen LogP contribution in [-0.2, 0) is 0 Å². The standard InChI is InChI=1S/C19H23NS/c1-14-7-5-6-10-18(14)21-19-13-16(11-12-17(19)20)15-8-3-2-4-9-15/h2-10,16-17,19H,11-13,20H2,1H3. The number of hydrogen-bond acceptors (Lipinski definition) is 2. The van der Waals surface area contributed by atoms with E-state index in [0.29, 0.717) is 17.2 Å². The van der Waals surface area contributed by atoms with Crippen LogP contribution in [0.3, 0.4) is 0 Å². The Labute approximate surface area is 132 Å². The summed E-state index contributed by atoms with van der Waals surface area (Å²) in [7, 11) is 0. The molecule has 2 N–H and O–H groups in total. The molecule has 2 aromatic carbocycles. The first kappa shape index (κ1) is 14.7. The fourth-order valence-electron chi connectivity index (χ4n) is 3.17. The van der Waals surface area contributed by atoms with Gasteiger partial charge >= 0.3 is 0 Å². The molecule has 0 spiro atoms. The summed E-state index contributed by atoms with van der Waals surface area (Å²) in [6.07, 6.45) is 3.53. The molecule has 3 unspecified atom stereocenters. The predicted octanol–water partition coefficient (Wildman–Crippen LogP) is 4.75. The lowest BCUT2D eigenvalue weighted by atomic mass is 9.82. The quantitative estimate of drug-likeness (QED) is 0.884. The summed E-state index contributed by atoms with van der Waals surface area (Å²) >= 11 is 1.97. The maximum Gasteiger partial charge on any atom is 0.0252 e. The van der Waals surface area contributed by atoms with Gasteiger partial charge in [-0.25, -0.2) is 0 Å². The van der Waals surface area contributed by atoms with Crippen LogP contribution in [0.2, 0.25) is 0 Å². The van der Waals surface area contributed by atoms with Crippen LogP contribution in [0.5, 0.6) is 0 Å². The molecule has 0 radical (unpaired) electrons. The molecule has 0 bridgehead atoms. The molecular formula is C19H23NS. The molecule has 2 aromatic rings. The summed E-state index contributed by atoms with van der Waals surface area (Å²) in [4.78, 5) is 1.38. The first-order chi connectivity index (χ1) is 10.2. The van der Waals surface area contributed by atoms with Gasteiger partial charge in [-0.15, -0.1) is 11.8 Å². The molecule has 0 aromatic heterocycles. The molecule has 3 atom stereocenters. The van der Waals surface area contributed by atoms with Crippen LogP contribution in [0.15, 0.2) is 59.5 Å². The SMILES string of the molecule is Cc1ccccc1SC1CC(c2ccccc2)CCC1N. The van der Waals surface area contributed by atoms with Gasteiger partial charge in [0.05, 0.1) is 0 Å².